The van der Waals surface area contributed by atoms with Crippen LogP contribution in [-0.4, -0.2) is 66.2 Å². The Morgan fingerprint density at radius 3 is 2.65 bits per heavy atom. The van der Waals surface area contributed by atoms with Gasteiger partial charge >= 0.3 is 18.0 Å². The summed E-state index contributed by atoms with van der Waals surface area (Å²) >= 11 is 0. The number of piperidine rings is 1. The summed E-state index contributed by atoms with van der Waals surface area (Å²) in [6, 6.07) is -0.206. The highest BCUT2D eigenvalue weighted by molar-refractivity contribution is 5.78. The Kier molecular flexibility index (Phi) is 6.27. The third-order valence-corrected chi connectivity index (χ3v) is 3.47. The van der Waals surface area contributed by atoms with Crippen LogP contribution in [0.5, 0.6) is 0 Å². The molecule has 0 radical (unpaired) electrons. The first-order valence-electron chi connectivity index (χ1n) is 6.83. The summed E-state index contributed by atoms with van der Waals surface area (Å²) in [4.78, 5) is 37.5. The zero-order valence-corrected chi connectivity index (χ0v) is 12.0. The number of urea groups is 1. The Hall–Kier alpha value is -1.79. The van der Waals surface area contributed by atoms with Gasteiger partial charge in [0.1, 0.15) is 0 Å². The molecule has 0 aromatic carbocycles. The van der Waals surface area contributed by atoms with Crippen molar-refractivity contribution in [2.24, 2.45) is 5.92 Å². The van der Waals surface area contributed by atoms with Gasteiger partial charge in [-0.1, -0.05) is 0 Å². The molecule has 1 unspecified atom stereocenters. The summed E-state index contributed by atoms with van der Waals surface area (Å²) in [5.74, 6) is -1.51. The van der Waals surface area contributed by atoms with Crippen LogP contribution in [-0.2, 0) is 14.3 Å². The largest absolute Gasteiger partial charge is 0.481 e. The van der Waals surface area contributed by atoms with Gasteiger partial charge in [-0.3, -0.25) is 9.59 Å². The Balaban J connectivity index is 2.59. The number of hydrogen-bond acceptors (Lipinski definition) is 4. The number of carbonyl (C=O) groups excluding carboxylic acids is 2. The standard InChI is InChI=1S/C13H22N2O5/c1-3-14(8-6-11(16)17)13(19)15-7-4-5-10(9-15)12(18)20-2/h10H,3-9H2,1-2H3,(H,16,17). The molecular weight excluding hydrogens is 264 g/mol. The Morgan fingerprint density at radius 2 is 2.10 bits per heavy atom. The second kappa shape index (κ2) is 7.72. The van der Waals surface area contributed by atoms with Gasteiger partial charge in [-0.2, -0.15) is 0 Å². The maximum Gasteiger partial charge on any atom is 0.320 e. The van der Waals surface area contributed by atoms with Crippen LogP contribution in [0.15, 0.2) is 0 Å². The molecule has 0 aromatic heterocycles. The number of methoxy groups -OCH3 is 1. The van der Waals surface area contributed by atoms with Crippen LogP contribution in [0.4, 0.5) is 4.79 Å². The zero-order valence-electron chi connectivity index (χ0n) is 12.0. The number of carboxylic acids is 1. The lowest BCUT2D eigenvalue weighted by atomic mass is 9.98. The second-order valence-electron chi connectivity index (χ2n) is 4.81. The van der Waals surface area contributed by atoms with E-state index in [1.165, 1.54) is 12.0 Å². The van der Waals surface area contributed by atoms with Crippen molar-refractivity contribution in [3.8, 4) is 0 Å². The van der Waals surface area contributed by atoms with Crippen LogP contribution in [0, 0.1) is 5.92 Å². The fraction of sp³-hybridized carbons (Fsp3) is 0.769. The Morgan fingerprint density at radius 1 is 1.40 bits per heavy atom. The maximum atomic E-state index is 12.3. The van der Waals surface area contributed by atoms with Crippen molar-refractivity contribution in [3.63, 3.8) is 0 Å². The number of nitrogens with zero attached hydrogens (tertiary/aromatic N) is 2. The number of hydrogen-bond donors (Lipinski definition) is 1. The van der Waals surface area contributed by atoms with E-state index in [1.807, 2.05) is 6.92 Å². The third-order valence-electron chi connectivity index (χ3n) is 3.47. The van der Waals surface area contributed by atoms with Gasteiger partial charge < -0.3 is 19.6 Å². The van der Waals surface area contributed by atoms with Crippen molar-refractivity contribution >= 4 is 18.0 Å². The average Bonchev–Trinajstić information content (AvgIpc) is 2.46. The number of esters is 1. The van der Waals surface area contributed by atoms with Crippen LogP contribution in [0.25, 0.3) is 0 Å². The molecule has 1 saturated heterocycles. The quantitative estimate of drug-likeness (QED) is 0.755. The van der Waals surface area contributed by atoms with Crippen molar-refractivity contribution in [2.45, 2.75) is 26.2 Å². The molecule has 0 aliphatic carbocycles. The van der Waals surface area contributed by atoms with E-state index in [0.29, 0.717) is 19.6 Å². The van der Waals surface area contributed by atoms with Crippen LogP contribution >= 0.6 is 0 Å². The smallest absolute Gasteiger partial charge is 0.320 e. The first-order valence-corrected chi connectivity index (χ1v) is 6.83. The van der Waals surface area contributed by atoms with Crippen molar-refractivity contribution in [3.05, 3.63) is 0 Å². The minimum atomic E-state index is -0.928. The average molecular weight is 286 g/mol. The van der Waals surface area contributed by atoms with Gasteiger partial charge in [-0.05, 0) is 19.8 Å². The number of aliphatic carboxylic acids is 1. The number of rotatable bonds is 5. The molecule has 20 heavy (non-hydrogen) atoms. The van der Waals surface area contributed by atoms with Crippen LogP contribution in [0.2, 0.25) is 0 Å². The second-order valence-corrected chi connectivity index (χ2v) is 4.81. The Labute approximate surface area is 118 Å². The molecule has 7 heteroatoms. The molecule has 1 aliphatic rings. The first kappa shape index (κ1) is 16.3. The predicted molar refractivity (Wildman–Crippen MR) is 71.2 cm³/mol. The summed E-state index contributed by atoms with van der Waals surface area (Å²) in [5.41, 5.74) is 0. The summed E-state index contributed by atoms with van der Waals surface area (Å²) in [5, 5.41) is 8.68. The minimum absolute atomic E-state index is 0.0755. The Bertz CT molecular complexity index is 372. The molecule has 0 bridgehead atoms. The molecular formula is C13H22N2O5. The van der Waals surface area contributed by atoms with E-state index in [1.54, 1.807) is 4.90 Å². The number of carboxylic acid groups (broad SMARTS) is 1. The van der Waals surface area contributed by atoms with Gasteiger partial charge in [-0.15, -0.1) is 0 Å². The van der Waals surface area contributed by atoms with Gasteiger partial charge in [0, 0.05) is 26.2 Å². The lowest BCUT2D eigenvalue weighted by Crippen LogP contribution is -2.49. The third kappa shape index (κ3) is 4.40. The molecule has 0 saturated carbocycles. The summed E-state index contributed by atoms with van der Waals surface area (Å²) in [6.07, 6.45) is 1.40. The molecule has 1 aliphatic heterocycles. The molecule has 7 nitrogen and oxygen atoms in total. The van der Waals surface area contributed by atoms with E-state index in [2.05, 4.69) is 0 Å². The van der Waals surface area contributed by atoms with Crippen LogP contribution < -0.4 is 0 Å². The number of ether oxygens (including phenoxy) is 1. The highest BCUT2D eigenvalue weighted by Gasteiger charge is 2.30. The van der Waals surface area contributed by atoms with E-state index in [9.17, 15) is 14.4 Å². The predicted octanol–water partition coefficient (Wildman–Crippen LogP) is 0.788. The van der Waals surface area contributed by atoms with Gasteiger partial charge in [0.25, 0.3) is 0 Å². The fourth-order valence-electron chi connectivity index (χ4n) is 2.33. The molecule has 1 heterocycles. The summed E-state index contributed by atoms with van der Waals surface area (Å²) < 4.78 is 4.72. The zero-order chi connectivity index (χ0) is 15.1. The first-order chi connectivity index (χ1) is 9.49. The van der Waals surface area contributed by atoms with Crippen molar-refractivity contribution in [1.29, 1.82) is 0 Å². The van der Waals surface area contributed by atoms with Gasteiger partial charge in [0.2, 0.25) is 0 Å². The highest BCUT2D eigenvalue weighted by Crippen LogP contribution is 2.19. The van der Waals surface area contributed by atoms with Crippen LogP contribution in [0.3, 0.4) is 0 Å². The minimum Gasteiger partial charge on any atom is -0.481 e. The molecule has 1 N–H and O–H groups in total. The lowest BCUT2D eigenvalue weighted by Gasteiger charge is -2.35. The molecule has 1 atom stereocenters. The summed E-state index contributed by atoms with van der Waals surface area (Å²) in [7, 11) is 1.34. The monoisotopic (exact) mass is 286 g/mol. The van der Waals surface area contributed by atoms with Crippen LogP contribution in [0.1, 0.15) is 26.2 Å². The summed E-state index contributed by atoms with van der Waals surface area (Å²) in [6.45, 7) is 3.38. The lowest BCUT2D eigenvalue weighted by molar-refractivity contribution is -0.146. The number of amides is 2. The molecule has 2 amide bonds. The maximum absolute atomic E-state index is 12.3. The molecule has 0 aromatic rings. The molecule has 1 rings (SSSR count). The fourth-order valence-corrected chi connectivity index (χ4v) is 2.33. The van der Waals surface area contributed by atoms with E-state index in [4.69, 9.17) is 9.84 Å². The topological polar surface area (TPSA) is 87.2 Å². The number of likely N-dealkylation sites (tertiary alicyclic amines) is 1. The van der Waals surface area contributed by atoms with E-state index >= 15 is 0 Å². The van der Waals surface area contributed by atoms with E-state index in [-0.39, 0.29) is 30.9 Å². The van der Waals surface area contributed by atoms with Gasteiger partial charge in [-0.25, -0.2) is 4.79 Å². The van der Waals surface area contributed by atoms with Crippen molar-refractivity contribution < 1.29 is 24.2 Å². The molecule has 114 valence electrons. The van der Waals surface area contributed by atoms with E-state index < -0.39 is 5.97 Å². The molecule has 1 fully saturated rings. The van der Waals surface area contributed by atoms with Crippen molar-refractivity contribution in [2.75, 3.05) is 33.3 Å². The van der Waals surface area contributed by atoms with Crippen molar-refractivity contribution in [1.82, 2.24) is 9.80 Å². The SMILES string of the molecule is CCN(CCC(=O)O)C(=O)N1CCCC(C(=O)OC)C1. The van der Waals surface area contributed by atoms with Gasteiger partial charge in [0.05, 0.1) is 19.4 Å². The van der Waals surface area contributed by atoms with Gasteiger partial charge in [0.15, 0.2) is 0 Å². The highest BCUT2D eigenvalue weighted by atomic mass is 16.5. The normalized spacial score (nSPS) is 18.5. The number of carbonyl (C=O) groups is 3. The van der Waals surface area contributed by atoms with E-state index in [0.717, 1.165) is 12.8 Å². The molecule has 0 spiro atoms.